The molecule has 6 nitrogen and oxygen atoms in total. The molecule has 2 aromatic rings. The Kier molecular flexibility index (Phi) is 5.63. The Morgan fingerprint density at radius 1 is 1.24 bits per heavy atom. The van der Waals surface area contributed by atoms with Crippen molar-refractivity contribution in [1.29, 1.82) is 0 Å². The van der Waals surface area contributed by atoms with E-state index in [4.69, 9.17) is 0 Å². The van der Waals surface area contributed by atoms with Gasteiger partial charge >= 0.3 is 11.4 Å². The van der Waals surface area contributed by atoms with Gasteiger partial charge in [0.05, 0.1) is 11.4 Å². The van der Waals surface area contributed by atoms with Crippen LogP contribution in [0, 0.1) is 0 Å². The van der Waals surface area contributed by atoms with E-state index in [9.17, 15) is 14.4 Å². The Labute approximate surface area is 150 Å². The van der Waals surface area contributed by atoms with Gasteiger partial charge in [0, 0.05) is 6.92 Å². The minimum absolute atomic E-state index is 0.0681. The number of hydrogen-bond donors (Lipinski definition) is 1. The lowest BCUT2D eigenvalue weighted by Crippen LogP contribution is -2.33. The minimum atomic E-state index is -0.489. The van der Waals surface area contributed by atoms with Crippen LogP contribution < -0.4 is 11.4 Å². The fourth-order valence-corrected chi connectivity index (χ4v) is 4.35. The van der Waals surface area contributed by atoms with Crippen molar-refractivity contribution in [3.63, 3.8) is 0 Å². The van der Waals surface area contributed by atoms with E-state index < -0.39 is 11.1 Å². The van der Waals surface area contributed by atoms with E-state index in [1.54, 1.807) is 0 Å². The smallest absolute Gasteiger partial charge is 0.287 e. The molecule has 0 spiro atoms. The molecule has 134 valence electrons. The molecule has 0 bridgehead atoms. The zero-order valence-electron chi connectivity index (χ0n) is 14.3. The van der Waals surface area contributed by atoms with Crippen LogP contribution in [0.25, 0.3) is 0 Å². The maximum atomic E-state index is 12.8. The molecule has 25 heavy (non-hydrogen) atoms. The molecule has 7 heteroatoms. The third kappa shape index (κ3) is 4.15. The Balaban J connectivity index is 1.86. The van der Waals surface area contributed by atoms with Crippen LogP contribution in [0.1, 0.15) is 56.0 Å². The summed E-state index contributed by atoms with van der Waals surface area (Å²) < 4.78 is 2.68. The highest BCUT2D eigenvalue weighted by Crippen LogP contribution is 2.29. The first-order chi connectivity index (χ1) is 12.1. The van der Waals surface area contributed by atoms with Crippen molar-refractivity contribution in [1.82, 2.24) is 14.3 Å². The molecule has 1 aromatic heterocycles. The number of aromatic amines is 1. The summed E-state index contributed by atoms with van der Waals surface area (Å²) in [6.07, 6.45) is 5.22. The molecular formula is C18H23N3O3S. The summed E-state index contributed by atoms with van der Waals surface area (Å²) in [6.45, 7) is 1.47. The van der Waals surface area contributed by atoms with Crippen LogP contribution in [-0.4, -0.2) is 19.5 Å². The lowest BCUT2D eigenvalue weighted by atomic mass is 10.1. The molecule has 1 atom stereocenters. The van der Waals surface area contributed by atoms with Gasteiger partial charge in [0.2, 0.25) is 0 Å². The molecule has 1 heterocycles. The average Bonchev–Trinajstić information content (AvgIpc) is 3.21. The molecule has 3 rings (SSSR count). The molecule has 1 aliphatic rings. The first kappa shape index (κ1) is 17.8. The Morgan fingerprint density at radius 2 is 1.92 bits per heavy atom. The number of nitrogens with one attached hydrogen (secondary N) is 1. The number of nitrogens with zero attached hydrogens (tertiary/aromatic N) is 2. The summed E-state index contributed by atoms with van der Waals surface area (Å²) in [6, 6.07) is 9.94. The van der Waals surface area contributed by atoms with Crippen LogP contribution in [0.5, 0.6) is 0 Å². The van der Waals surface area contributed by atoms with Crippen molar-refractivity contribution in [2.45, 2.75) is 56.9 Å². The predicted octanol–water partition coefficient (Wildman–Crippen LogP) is 2.86. The SMILES string of the molecule is CC(=O)SC(CCc1ccccc1)n1c(=O)[nH]n(C2CCCC2)c1=O. The van der Waals surface area contributed by atoms with Crippen LogP contribution in [0.15, 0.2) is 39.9 Å². The van der Waals surface area contributed by atoms with E-state index in [0.717, 1.165) is 43.0 Å². The number of carbonyl (C=O) groups excluding carboxylic acids is 1. The van der Waals surface area contributed by atoms with Crippen molar-refractivity contribution in [3.05, 3.63) is 56.9 Å². The minimum Gasteiger partial charge on any atom is -0.287 e. The zero-order valence-corrected chi connectivity index (χ0v) is 15.1. The molecular weight excluding hydrogens is 338 g/mol. The topological polar surface area (TPSA) is 76.9 Å². The summed E-state index contributed by atoms with van der Waals surface area (Å²) >= 11 is 1.05. The Bertz CT molecular complexity index is 831. The predicted molar refractivity (Wildman–Crippen MR) is 98.9 cm³/mol. The molecule has 1 aliphatic carbocycles. The quantitative estimate of drug-likeness (QED) is 0.858. The monoisotopic (exact) mass is 361 g/mol. The molecule has 0 amide bonds. The van der Waals surface area contributed by atoms with Crippen LogP contribution >= 0.6 is 11.8 Å². The second kappa shape index (κ2) is 7.91. The molecule has 1 aromatic carbocycles. The summed E-state index contributed by atoms with van der Waals surface area (Å²) in [7, 11) is 0. The Morgan fingerprint density at radius 3 is 2.56 bits per heavy atom. The van der Waals surface area contributed by atoms with Crippen molar-refractivity contribution in [2.75, 3.05) is 0 Å². The Hall–Kier alpha value is -2.02. The van der Waals surface area contributed by atoms with E-state index in [-0.39, 0.29) is 16.8 Å². The number of rotatable bonds is 6. The van der Waals surface area contributed by atoms with Gasteiger partial charge in [-0.2, -0.15) is 0 Å². The summed E-state index contributed by atoms with van der Waals surface area (Å²) in [5.74, 6) is 0. The van der Waals surface area contributed by atoms with Crippen molar-refractivity contribution in [2.24, 2.45) is 0 Å². The highest BCUT2D eigenvalue weighted by Gasteiger charge is 2.26. The number of H-pyrrole nitrogens is 1. The largest absolute Gasteiger partial charge is 0.348 e. The molecule has 0 aliphatic heterocycles. The summed E-state index contributed by atoms with van der Waals surface area (Å²) in [5.41, 5.74) is 0.365. The van der Waals surface area contributed by atoms with Gasteiger partial charge in [-0.3, -0.25) is 4.79 Å². The van der Waals surface area contributed by atoms with E-state index in [1.165, 1.54) is 16.2 Å². The zero-order chi connectivity index (χ0) is 17.8. The summed E-state index contributed by atoms with van der Waals surface area (Å²) in [4.78, 5) is 36.8. The average molecular weight is 361 g/mol. The number of aromatic nitrogens is 3. The maximum Gasteiger partial charge on any atom is 0.348 e. The highest BCUT2D eigenvalue weighted by molar-refractivity contribution is 8.13. The molecule has 0 radical (unpaired) electrons. The second-order valence-corrected chi connectivity index (χ2v) is 7.82. The van der Waals surface area contributed by atoms with Gasteiger partial charge < -0.3 is 0 Å². The van der Waals surface area contributed by atoms with Crippen molar-refractivity contribution >= 4 is 16.9 Å². The molecule has 1 N–H and O–H groups in total. The second-order valence-electron chi connectivity index (χ2n) is 6.47. The van der Waals surface area contributed by atoms with Gasteiger partial charge in [0.1, 0.15) is 0 Å². The highest BCUT2D eigenvalue weighted by atomic mass is 32.2. The number of thioether (sulfide) groups is 1. The number of hydrogen-bond acceptors (Lipinski definition) is 4. The van der Waals surface area contributed by atoms with Gasteiger partial charge in [-0.15, -0.1) is 0 Å². The number of carbonyl (C=O) groups is 1. The normalized spacial score (nSPS) is 16.2. The van der Waals surface area contributed by atoms with Crippen LogP contribution in [-0.2, 0) is 11.2 Å². The summed E-state index contributed by atoms with van der Waals surface area (Å²) in [5, 5.41) is 2.11. The van der Waals surface area contributed by atoms with Gasteiger partial charge in [-0.25, -0.2) is 23.9 Å². The third-order valence-corrected chi connectivity index (χ3v) is 5.70. The van der Waals surface area contributed by atoms with E-state index in [2.05, 4.69) is 5.10 Å². The first-order valence-electron chi connectivity index (χ1n) is 8.70. The molecule has 1 unspecified atom stereocenters. The standard InChI is InChI=1S/C18H23N3O3S/c1-13(22)25-16(12-11-14-7-3-2-4-8-14)20-17(23)19-21(18(20)24)15-9-5-6-10-15/h2-4,7-8,15-16H,5-6,9-12H2,1H3,(H,19,23). The fraction of sp³-hybridized carbons (Fsp3) is 0.500. The van der Waals surface area contributed by atoms with Crippen LogP contribution in [0.3, 0.4) is 0 Å². The lowest BCUT2D eigenvalue weighted by molar-refractivity contribution is -0.109. The van der Waals surface area contributed by atoms with Gasteiger partial charge in [0.25, 0.3) is 0 Å². The van der Waals surface area contributed by atoms with E-state index >= 15 is 0 Å². The van der Waals surface area contributed by atoms with Gasteiger partial charge in [0.15, 0.2) is 5.12 Å². The molecule has 0 saturated heterocycles. The van der Waals surface area contributed by atoms with Crippen LogP contribution in [0.2, 0.25) is 0 Å². The maximum absolute atomic E-state index is 12.8. The molecule has 1 fully saturated rings. The molecule has 1 saturated carbocycles. The fourth-order valence-electron chi connectivity index (χ4n) is 3.44. The van der Waals surface area contributed by atoms with Gasteiger partial charge in [-0.1, -0.05) is 54.9 Å². The lowest BCUT2D eigenvalue weighted by Gasteiger charge is -2.15. The third-order valence-electron chi connectivity index (χ3n) is 4.65. The van der Waals surface area contributed by atoms with E-state index in [0.29, 0.717) is 12.8 Å². The van der Waals surface area contributed by atoms with Crippen LogP contribution in [0.4, 0.5) is 0 Å². The first-order valence-corrected chi connectivity index (χ1v) is 9.58. The van der Waals surface area contributed by atoms with Crippen molar-refractivity contribution in [3.8, 4) is 0 Å². The van der Waals surface area contributed by atoms with E-state index in [1.807, 2.05) is 30.3 Å². The number of aryl methyl sites for hydroxylation is 1. The van der Waals surface area contributed by atoms with Crippen molar-refractivity contribution < 1.29 is 4.79 Å². The number of benzene rings is 1. The van der Waals surface area contributed by atoms with Gasteiger partial charge in [-0.05, 0) is 31.2 Å².